The summed E-state index contributed by atoms with van der Waals surface area (Å²) in [4.78, 5) is 239. The van der Waals surface area contributed by atoms with Crippen LogP contribution in [0, 0.1) is 17.8 Å². The van der Waals surface area contributed by atoms with Gasteiger partial charge in [-0.1, -0.05) is 60.1 Å². The number of phenolic OH excluding ortho intramolecular Hbond substituents is 1. The summed E-state index contributed by atoms with van der Waals surface area (Å²) < 4.78 is 0. The standard InChI is InChI=1S/C64H100N16O25S2/c1-7-31(6)51(63(104)76-42(27-106)60(101)78-50(30(4)5)62(103)77-43(28-107)64(105)80-18-8-9-44(80)61(102)73-38(21-48(89)90)52(93)67-23-49(91)92)79-54(95)35(15-17-47(87)88)69-56(97)37(20-32-10-12-33(84)13-11-32)72-55(96)36(19-29(2)3)71-59(100)41(26-83)74-53(94)34(14-16-45(66)85)70-58(99)40(25-82)75-57(98)39(24-81)68-46(86)22-65/h10-13,29-31,34-44,50-51,81-84,106-107H,7-9,14-28,65H2,1-6H3,(H2,66,85)(H,67,93)(H,68,86)(H,69,97)(H,70,99)(H,71,100)(H,72,96)(H,73,102)(H,74,94)(H,75,98)(H,76,104)(H,77,103)(H,78,101)(H,79,95)(H,87,88)(H,89,90)(H,91,92)/t31-,34-,35-,36-,37-,38-,39-,40-,41-,42-,43-,44-,50-,51-/m0/s1. The largest absolute Gasteiger partial charge is 0.508 e. The van der Waals surface area contributed by atoms with Gasteiger partial charge in [-0.2, -0.15) is 25.3 Å². The molecule has 0 saturated carbocycles. The van der Waals surface area contributed by atoms with E-state index < -0.39 is 280 Å². The number of phenols is 1. The Kier molecular flexibility index (Phi) is 40.8. The molecule has 41 nitrogen and oxygen atoms in total. The minimum absolute atomic E-state index is 0.0361. The highest BCUT2D eigenvalue weighted by Crippen LogP contribution is 2.21. The Labute approximate surface area is 625 Å². The first-order chi connectivity index (χ1) is 50.3. The molecule has 24 N–H and O–H groups in total. The van der Waals surface area contributed by atoms with Crippen LogP contribution in [0.5, 0.6) is 5.75 Å². The number of primary amides is 1. The van der Waals surface area contributed by atoms with Gasteiger partial charge in [0.25, 0.3) is 0 Å². The Morgan fingerprint density at radius 1 is 0.505 bits per heavy atom. The zero-order chi connectivity index (χ0) is 81.1. The van der Waals surface area contributed by atoms with Gasteiger partial charge in [0, 0.05) is 37.3 Å². The monoisotopic (exact) mass is 1560 g/mol. The van der Waals surface area contributed by atoms with Crippen LogP contribution >= 0.6 is 25.3 Å². The summed E-state index contributed by atoms with van der Waals surface area (Å²) in [5, 5.41) is 98.4. The van der Waals surface area contributed by atoms with Crippen molar-refractivity contribution in [3.05, 3.63) is 29.8 Å². The second kappa shape index (κ2) is 46.9. The summed E-state index contributed by atoms with van der Waals surface area (Å²) in [6.07, 6.45) is -3.68. The number of aromatic hydroxyl groups is 1. The van der Waals surface area contributed by atoms with Crippen molar-refractivity contribution in [2.75, 3.05) is 51.0 Å². The van der Waals surface area contributed by atoms with E-state index >= 15 is 0 Å². The Morgan fingerprint density at radius 3 is 1.42 bits per heavy atom. The number of aliphatic carboxylic acids is 3. The first-order valence-corrected chi connectivity index (χ1v) is 35.2. The van der Waals surface area contributed by atoms with E-state index in [0.717, 1.165) is 4.90 Å². The van der Waals surface area contributed by atoms with E-state index in [2.05, 4.69) is 89.1 Å². The second-order valence-corrected chi connectivity index (χ2v) is 26.5. The highest BCUT2D eigenvalue weighted by atomic mass is 32.1. The lowest BCUT2D eigenvalue weighted by molar-refractivity contribution is -0.144. The fourth-order valence-electron chi connectivity index (χ4n) is 10.4. The van der Waals surface area contributed by atoms with Crippen LogP contribution in [0.3, 0.4) is 0 Å². The number of nitrogens with one attached hydrogen (secondary N) is 13. The molecule has 598 valence electrons. The maximum Gasteiger partial charge on any atom is 0.322 e. The summed E-state index contributed by atoms with van der Waals surface area (Å²) in [6, 6.07) is -16.2. The van der Waals surface area contributed by atoms with Crippen LogP contribution in [-0.2, 0) is 92.7 Å². The molecule has 1 saturated heterocycles. The SMILES string of the molecule is CC[C@H](C)[C@H](NC(=O)[C@H](CCC(=O)O)NC(=O)[C@H](Cc1ccc(O)cc1)NC(=O)[C@H](CC(C)C)NC(=O)[C@H](CO)NC(=O)[C@H](CCC(N)=O)NC(=O)[C@H](CO)NC(=O)[C@H](CO)NC(=O)CN)C(=O)N[C@@H](CS)C(=O)N[C@H](C(=O)N[C@@H](CS)C(=O)N1CCC[C@H]1C(=O)N[C@@H](CC(=O)O)C(=O)NCC(=O)O)C(C)C. The van der Waals surface area contributed by atoms with E-state index in [4.69, 9.17) is 16.6 Å². The molecule has 0 unspecified atom stereocenters. The molecule has 0 aliphatic carbocycles. The van der Waals surface area contributed by atoms with Crippen molar-refractivity contribution in [1.29, 1.82) is 0 Å². The summed E-state index contributed by atoms with van der Waals surface area (Å²) in [6.45, 7) is 4.69. The highest BCUT2D eigenvalue weighted by Gasteiger charge is 2.42. The van der Waals surface area contributed by atoms with Crippen molar-refractivity contribution >= 4 is 132 Å². The van der Waals surface area contributed by atoms with Crippen LogP contribution in [0.2, 0.25) is 0 Å². The maximum atomic E-state index is 14.6. The average Bonchev–Trinajstić information content (AvgIpc) is 1.72. The molecule has 0 aromatic heterocycles. The second-order valence-electron chi connectivity index (χ2n) is 25.7. The van der Waals surface area contributed by atoms with Gasteiger partial charge < -0.3 is 121 Å². The molecule has 107 heavy (non-hydrogen) atoms. The van der Waals surface area contributed by atoms with Crippen molar-refractivity contribution in [1.82, 2.24) is 74.0 Å². The molecule has 0 radical (unpaired) electrons. The predicted molar refractivity (Wildman–Crippen MR) is 380 cm³/mol. The number of nitrogens with zero attached hydrogens (tertiary/aromatic N) is 1. The first-order valence-electron chi connectivity index (χ1n) is 34.0. The number of amides is 15. The summed E-state index contributed by atoms with van der Waals surface area (Å²) >= 11 is 8.50. The molecule has 1 aromatic carbocycles. The lowest BCUT2D eigenvalue weighted by Gasteiger charge is -2.31. The fourth-order valence-corrected chi connectivity index (χ4v) is 10.9. The summed E-state index contributed by atoms with van der Waals surface area (Å²) in [5.41, 5.74) is 10.8. The van der Waals surface area contributed by atoms with Gasteiger partial charge in [0.2, 0.25) is 88.6 Å². The predicted octanol–water partition coefficient (Wildman–Crippen LogP) is -8.91. The normalized spacial score (nSPS) is 16.2. The number of hydrogen-bond acceptors (Lipinski definition) is 25. The van der Waals surface area contributed by atoms with Gasteiger partial charge in [0.15, 0.2) is 0 Å². The number of carboxylic acids is 3. The molecule has 1 aliphatic heterocycles. The van der Waals surface area contributed by atoms with Gasteiger partial charge in [0.05, 0.1) is 32.8 Å². The lowest BCUT2D eigenvalue weighted by atomic mass is 9.97. The lowest BCUT2D eigenvalue weighted by Crippen LogP contribution is -2.62. The summed E-state index contributed by atoms with van der Waals surface area (Å²) in [7, 11) is 0. The molecule has 1 aromatic rings. The van der Waals surface area contributed by atoms with Gasteiger partial charge in [-0.05, 0) is 67.6 Å². The zero-order valence-corrected chi connectivity index (χ0v) is 61.5. The zero-order valence-electron chi connectivity index (χ0n) is 59.8. The first kappa shape index (κ1) is 93.1. The maximum absolute atomic E-state index is 14.6. The minimum Gasteiger partial charge on any atom is -0.508 e. The van der Waals surface area contributed by atoms with Crippen LogP contribution in [0.25, 0.3) is 0 Å². The molecule has 43 heteroatoms. The molecule has 0 bridgehead atoms. The molecule has 1 aliphatic rings. The Bertz CT molecular complexity index is 3320. The Hall–Kier alpha value is -9.98. The quantitative estimate of drug-likeness (QED) is 0.0269. The van der Waals surface area contributed by atoms with Crippen LogP contribution in [-0.4, -0.2) is 277 Å². The molecule has 1 heterocycles. The van der Waals surface area contributed by atoms with Gasteiger partial charge >= 0.3 is 17.9 Å². The number of carboxylic acid groups (broad SMARTS) is 3. The van der Waals surface area contributed by atoms with E-state index in [1.54, 1.807) is 20.8 Å². The fraction of sp³-hybridized carbons (Fsp3) is 0.625. The van der Waals surface area contributed by atoms with E-state index in [9.17, 15) is 117 Å². The van der Waals surface area contributed by atoms with E-state index in [1.165, 1.54) is 45.0 Å². The smallest absolute Gasteiger partial charge is 0.322 e. The van der Waals surface area contributed by atoms with Crippen LogP contribution in [0.1, 0.15) is 105 Å². The third kappa shape index (κ3) is 31.9. The Balaban J connectivity index is 2.45. The number of nitrogens with two attached hydrogens (primary N) is 2. The molecule has 0 spiro atoms. The van der Waals surface area contributed by atoms with Gasteiger partial charge in [-0.15, -0.1) is 0 Å². The Morgan fingerprint density at radius 2 is 0.944 bits per heavy atom. The van der Waals surface area contributed by atoms with Crippen LogP contribution in [0.4, 0.5) is 0 Å². The molecular formula is C64H100N16O25S2. The number of aliphatic hydroxyl groups excluding tert-OH is 3. The molecule has 14 atom stereocenters. The minimum atomic E-state index is -1.94. The highest BCUT2D eigenvalue weighted by molar-refractivity contribution is 7.80. The van der Waals surface area contributed by atoms with Crippen molar-refractivity contribution in [2.45, 2.75) is 184 Å². The number of carbonyl (C=O) groups is 18. The molecule has 15 amide bonds. The van der Waals surface area contributed by atoms with E-state index in [0.29, 0.717) is 0 Å². The van der Waals surface area contributed by atoms with Crippen molar-refractivity contribution < 1.29 is 122 Å². The van der Waals surface area contributed by atoms with Gasteiger partial charge in [0.1, 0.15) is 90.8 Å². The van der Waals surface area contributed by atoms with Crippen molar-refractivity contribution in [2.24, 2.45) is 29.2 Å². The molecule has 2 rings (SSSR count). The molecule has 1 fully saturated rings. The number of thiol groups is 2. The van der Waals surface area contributed by atoms with Gasteiger partial charge in [-0.25, -0.2) is 0 Å². The number of benzene rings is 1. The van der Waals surface area contributed by atoms with E-state index in [-0.39, 0.29) is 49.3 Å². The number of hydrogen-bond donors (Lipinski definition) is 24. The van der Waals surface area contributed by atoms with Crippen LogP contribution < -0.4 is 80.6 Å². The van der Waals surface area contributed by atoms with Crippen LogP contribution in [0.15, 0.2) is 24.3 Å². The third-order valence-electron chi connectivity index (χ3n) is 16.5. The number of aliphatic hydroxyl groups is 3. The molecular weight excluding hydrogens is 1460 g/mol. The topological polar surface area (TPSA) is 661 Å². The van der Waals surface area contributed by atoms with E-state index in [1.807, 2.05) is 5.32 Å². The number of carbonyl (C=O) groups excluding carboxylic acids is 15. The average molecular weight is 1560 g/mol. The van der Waals surface area contributed by atoms with Crippen molar-refractivity contribution in [3.63, 3.8) is 0 Å². The third-order valence-corrected chi connectivity index (χ3v) is 17.2. The number of rotatable bonds is 48. The van der Waals surface area contributed by atoms with Crippen molar-refractivity contribution in [3.8, 4) is 5.75 Å². The van der Waals surface area contributed by atoms with Gasteiger partial charge in [-0.3, -0.25) is 86.3 Å². The summed E-state index contributed by atoms with van der Waals surface area (Å²) in [5.74, 6) is -23.3. The number of likely N-dealkylation sites (tertiary alicyclic amines) is 1.